The highest BCUT2D eigenvalue weighted by atomic mass is 35.5. The van der Waals surface area contributed by atoms with E-state index in [4.69, 9.17) is 16.7 Å². The van der Waals surface area contributed by atoms with Gasteiger partial charge >= 0.3 is 12.1 Å². The van der Waals surface area contributed by atoms with Crippen molar-refractivity contribution in [1.29, 1.82) is 0 Å². The second-order valence-corrected chi connectivity index (χ2v) is 8.98. The smallest absolute Gasteiger partial charge is 0.412 e. The first-order chi connectivity index (χ1) is 14.5. The van der Waals surface area contributed by atoms with Gasteiger partial charge in [0.2, 0.25) is 0 Å². The Hall–Kier alpha value is -3.06. The first kappa shape index (κ1) is 22.6. The molecule has 0 radical (unpaired) electrons. The molecule has 1 aliphatic rings. The second-order valence-electron chi connectivity index (χ2n) is 8.54. The zero-order valence-corrected chi connectivity index (χ0v) is 19.1. The van der Waals surface area contributed by atoms with Gasteiger partial charge in [-0.15, -0.1) is 0 Å². The van der Waals surface area contributed by atoms with Crippen molar-refractivity contribution in [2.45, 2.75) is 45.7 Å². The fourth-order valence-electron chi connectivity index (χ4n) is 3.73. The van der Waals surface area contributed by atoms with Crippen molar-refractivity contribution in [2.24, 2.45) is 5.10 Å². The second kappa shape index (κ2) is 8.59. The summed E-state index contributed by atoms with van der Waals surface area (Å²) in [6.45, 7) is 7.46. The molecular weight excluding hydrogens is 416 g/mol. The summed E-state index contributed by atoms with van der Waals surface area (Å²) in [6, 6.07) is 12.3. The Balaban J connectivity index is 2.24. The SMILES string of the molecule is CNC(=O)N1N=C(c2ccc(Cl)cc2)c2cc(N(C(=O)O)C(C)(C)C)ccc2CC1C. The Morgan fingerprint density at radius 3 is 2.39 bits per heavy atom. The van der Waals surface area contributed by atoms with Gasteiger partial charge in [0.05, 0.1) is 11.8 Å². The van der Waals surface area contributed by atoms with E-state index in [9.17, 15) is 14.7 Å². The highest BCUT2D eigenvalue weighted by molar-refractivity contribution is 6.30. The summed E-state index contributed by atoms with van der Waals surface area (Å²) in [5, 5.41) is 19.2. The molecular formula is C23H27ClN4O3. The molecule has 1 aliphatic heterocycles. The van der Waals surface area contributed by atoms with E-state index in [1.165, 1.54) is 9.91 Å². The molecule has 0 fully saturated rings. The average Bonchev–Trinajstić information content (AvgIpc) is 2.83. The molecule has 1 heterocycles. The first-order valence-corrected chi connectivity index (χ1v) is 10.4. The van der Waals surface area contributed by atoms with Gasteiger partial charge in [-0.3, -0.25) is 4.90 Å². The standard InChI is InChI=1S/C23H27ClN4O3/c1-14-12-16-8-11-18(27(22(30)31)23(2,3)4)13-19(16)20(26-28(14)21(29)25-5)15-6-9-17(24)10-7-15/h6-11,13-14H,12H2,1-5H3,(H,25,29)(H,30,31). The minimum absolute atomic E-state index is 0.187. The number of carboxylic acid groups (broad SMARTS) is 1. The fraction of sp³-hybridized carbons (Fsp3) is 0.348. The van der Waals surface area contributed by atoms with Crippen molar-refractivity contribution in [3.05, 3.63) is 64.2 Å². The van der Waals surface area contributed by atoms with Crippen LogP contribution in [0.3, 0.4) is 0 Å². The lowest BCUT2D eigenvalue weighted by molar-refractivity contribution is 0.184. The number of nitrogens with zero attached hydrogens (tertiary/aromatic N) is 3. The normalized spacial score (nSPS) is 16.1. The third-order valence-corrected chi connectivity index (χ3v) is 5.40. The Morgan fingerprint density at radius 2 is 1.84 bits per heavy atom. The number of benzene rings is 2. The topological polar surface area (TPSA) is 85.2 Å². The Bertz CT molecular complexity index is 1030. The van der Waals surface area contributed by atoms with Gasteiger partial charge in [-0.05, 0) is 63.9 Å². The summed E-state index contributed by atoms with van der Waals surface area (Å²) in [5.41, 5.74) is 3.04. The number of fused-ring (bicyclic) bond motifs is 1. The molecule has 31 heavy (non-hydrogen) atoms. The summed E-state index contributed by atoms with van der Waals surface area (Å²) in [5.74, 6) is 0. The number of amides is 3. The number of nitrogens with one attached hydrogen (secondary N) is 1. The molecule has 2 aromatic carbocycles. The zero-order chi connectivity index (χ0) is 22.9. The van der Waals surface area contributed by atoms with Crippen molar-refractivity contribution < 1.29 is 14.7 Å². The van der Waals surface area contributed by atoms with Crippen molar-refractivity contribution in [3.63, 3.8) is 0 Å². The van der Waals surface area contributed by atoms with E-state index in [1.807, 2.05) is 52.0 Å². The molecule has 2 aromatic rings. The van der Waals surface area contributed by atoms with Crippen LogP contribution < -0.4 is 10.2 Å². The predicted molar refractivity (Wildman–Crippen MR) is 123 cm³/mol. The summed E-state index contributed by atoms with van der Waals surface area (Å²) in [7, 11) is 1.57. The number of carbonyl (C=O) groups is 2. The number of anilines is 1. The van der Waals surface area contributed by atoms with E-state index in [0.29, 0.717) is 22.8 Å². The fourth-order valence-corrected chi connectivity index (χ4v) is 3.86. The minimum atomic E-state index is -1.04. The molecule has 0 bridgehead atoms. The van der Waals surface area contributed by atoms with Crippen LogP contribution in [-0.2, 0) is 6.42 Å². The van der Waals surface area contributed by atoms with Crippen LogP contribution >= 0.6 is 11.6 Å². The molecule has 3 amide bonds. The molecule has 0 spiro atoms. The van der Waals surface area contributed by atoms with Crippen LogP contribution in [0.4, 0.5) is 15.3 Å². The van der Waals surface area contributed by atoms with Gasteiger partial charge in [-0.25, -0.2) is 14.6 Å². The number of hydrogen-bond donors (Lipinski definition) is 2. The van der Waals surface area contributed by atoms with Crippen molar-refractivity contribution in [1.82, 2.24) is 10.3 Å². The van der Waals surface area contributed by atoms with E-state index in [-0.39, 0.29) is 12.1 Å². The van der Waals surface area contributed by atoms with Crippen molar-refractivity contribution >= 4 is 35.1 Å². The molecule has 7 nitrogen and oxygen atoms in total. The third kappa shape index (κ3) is 4.66. The molecule has 0 saturated heterocycles. The van der Waals surface area contributed by atoms with Crippen LogP contribution in [0.25, 0.3) is 0 Å². The van der Waals surface area contributed by atoms with Crippen molar-refractivity contribution in [3.8, 4) is 0 Å². The lowest BCUT2D eigenvalue weighted by Crippen LogP contribution is -2.45. The Kier molecular flexibility index (Phi) is 6.27. The quantitative estimate of drug-likeness (QED) is 0.689. The van der Waals surface area contributed by atoms with Crippen LogP contribution in [0.1, 0.15) is 44.4 Å². The van der Waals surface area contributed by atoms with Gasteiger partial charge in [0.15, 0.2) is 0 Å². The molecule has 1 unspecified atom stereocenters. The number of urea groups is 1. The third-order valence-electron chi connectivity index (χ3n) is 5.15. The largest absolute Gasteiger partial charge is 0.465 e. The molecule has 0 aromatic heterocycles. The van der Waals surface area contributed by atoms with Crippen LogP contribution in [-0.4, -0.2) is 46.6 Å². The van der Waals surface area contributed by atoms with Crippen LogP contribution in [0.2, 0.25) is 5.02 Å². The highest BCUT2D eigenvalue weighted by Gasteiger charge is 2.31. The van der Waals surface area contributed by atoms with E-state index in [2.05, 4.69) is 5.32 Å². The maximum atomic E-state index is 12.5. The van der Waals surface area contributed by atoms with Crippen LogP contribution in [0, 0.1) is 0 Å². The van der Waals surface area contributed by atoms with E-state index in [1.54, 1.807) is 25.2 Å². The maximum Gasteiger partial charge on any atom is 0.412 e. The molecule has 2 N–H and O–H groups in total. The first-order valence-electron chi connectivity index (χ1n) is 10.0. The minimum Gasteiger partial charge on any atom is -0.465 e. The molecule has 164 valence electrons. The van der Waals surface area contributed by atoms with E-state index >= 15 is 0 Å². The zero-order valence-electron chi connectivity index (χ0n) is 18.3. The van der Waals surface area contributed by atoms with Gasteiger partial charge < -0.3 is 10.4 Å². The maximum absolute atomic E-state index is 12.5. The molecule has 3 rings (SSSR count). The molecule has 0 aliphatic carbocycles. The lowest BCUT2D eigenvalue weighted by Gasteiger charge is -2.33. The number of rotatable bonds is 2. The number of hydrazone groups is 1. The summed E-state index contributed by atoms with van der Waals surface area (Å²) < 4.78 is 0. The molecule has 0 saturated carbocycles. The average molecular weight is 443 g/mol. The van der Waals surface area contributed by atoms with E-state index < -0.39 is 11.6 Å². The van der Waals surface area contributed by atoms with E-state index in [0.717, 1.165) is 16.7 Å². The molecule has 1 atom stereocenters. The highest BCUT2D eigenvalue weighted by Crippen LogP contribution is 2.31. The molecule has 8 heteroatoms. The van der Waals surface area contributed by atoms with Gasteiger partial charge in [-0.2, -0.15) is 5.10 Å². The number of hydrogen-bond acceptors (Lipinski definition) is 3. The van der Waals surface area contributed by atoms with Gasteiger partial charge in [0, 0.05) is 34.4 Å². The summed E-state index contributed by atoms with van der Waals surface area (Å²) in [4.78, 5) is 25.9. The van der Waals surface area contributed by atoms with Gasteiger partial charge in [0.1, 0.15) is 0 Å². The summed E-state index contributed by atoms with van der Waals surface area (Å²) >= 11 is 6.07. The van der Waals surface area contributed by atoms with Gasteiger partial charge in [-0.1, -0.05) is 29.8 Å². The van der Waals surface area contributed by atoms with Crippen LogP contribution in [0.15, 0.2) is 47.6 Å². The van der Waals surface area contributed by atoms with Crippen molar-refractivity contribution in [2.75, 3.05) is 11.9 Å². The number of halogens is 1. The van der Waals surface area contributed by atoms with Gasteiger partial charge in [0.25, 0.3) is 0 Å². The Morgan fingerprint density at radius 1 is 1.19 bits per heavy atom. The summed E-state index contributed by atoms with van der Waals surface area (Å²) in [6.07, 6.45) is -0.460. The lowest BCUT2D eigenvalue weighted by atomic mass is 9.93. The van der Waals surface area contributed by atoms with Crippen LogP contribution in [0.5, 0.6) is 0 Å². The predicted octanol–water partition coefficient (Wildman–Crippen LogP) is 4.96. The Labute approximate surface area is 187 Å². The number of carbonyl (C=O) groups excluding carboxylic acids is 1. The monoisotopic (exact) mass is 442 g/mol.